The first-order valence-corrected chi connectivity index (χ1v) is 4.44. The molecule has 0 heterocycles. The van der Waals surface area contributed by atoms with E-state index in [0.29, 0.717) is 5.92 Å². The van der Waals surface area contributed by atoms with E-state index in [2.05, 4.69) is 57.2 Å². The maximum absolute atomic E-state index is 2.22. The van der Waals surface area contributed by atoms with Crippen LogP contribution in [0.2, 0.25) is 0 Å². The summed E-state index contributed by atoms with van der Waals surface area (Å²) in [7, 11) is 0. The fourth-order valence-electron chi connectivity index (χ4n) is 1.07. The number of hydrogen-bond acceptors (Lipinski definition) is 0. The summed E-state index contributed by atoms with van der Waals surface area (Å²) in [5.41, 5.74) is 2.67. The molecule has 0 saturated heterocycles. The molecule has 0 heteroatoms. The van der Waals surface area contributed by atoms with Gasteiger partial charge in [0.25, 0.3) is 0 Å². The minimum Gasteiger partial charge on any atom is -0.0814 e. The first-order chi connectivity index (χ1) is 5.70. The Bertz CT molecular complexity index is 269. The van der Waals surface area contributed by atoms with Crippen LogP contribution in [0, 0.1) is 12.8 Å². The molecule has 12 heavy (non-hydrogen) atoms. The predicted octanol–water partition coefficient (Wildman–Crippen LogP) is 3.66. The second-order valence-electron chi connectivity index (χ2n) is 3.46. The molecule has 0 spiro atoms. The number of aryl methyl sites for hydroxylation is 1. The van der Waals surface area contributed by atoms with Crippen molar-refractivity contribution in [3.05, 3.63) is 41.5 Å². The van der Waals surface area contributed by atoms with E-state index in [4.69, 9.17) is 0 Å². The average molecular weight is 160 g/mol. The van der Waals surface area contributed by atoms with Crippen LogP contribution in [0.25, 0.3) is 6.08 Å². The van der Waals surface area contributed by atoms with Gasteiger partial charge in [-0.25, -0.2) is 0 Å². The lowest BCUT2D eigenvalue weighted by Gasteiger charge is -1.99. The minimum atomic E-state index is 0.629. The molecule has 0 aromatic heterocycles. The van der Waals surface area contributed by atoms with E-state index in [1.165, 1.54) is 11.1 Å². The van der Waals surface area contributed by atoms with Crippen LogP contribution < -0.4 is 0 Å². The zero-order valence-electron chi connectivity index (χ0n) is 8.04. The molecule has 0 atom stereocenters. The molecule has 0 saturated carbocycles. The van der Waals surface area contributed by atoms with Crippen molar-refractivity contribution in [2.75, 3.05) is 0 Å². The largest absolute Gasteiger partial charge is 0.0814 e. The van der Waals surface area contributed by atoms with E-state index in [0.717, 1.165) is 0 Å². The van der Waals surface area contributed by atoms with Crippen LogP contribution in [0.4, 0.5) is 0 Å². The Hall–Kier alpha value is -1.04. The van der Waals surface area contributed by atoms with Crippen molar-refractivity contribution in [2.24, 2.45) is 5.92 Å². The van der Waals surface area contributed by atoms with E-state index in [9.17, 15) is 0 Å². The Morgan fingerprint density at radius 3 is 2.42 bits per heavy atom. The van der Waals surface area contributed by atoms with Gasteiger partial charge < -0.3 is 0 Å². The smallest absolute Gasteiger partial charge is 0.0230 e. The molecule has 0 unspecified atom stereocenters. The molecule has 1 aromatic rings. The Kier molecular flexibility index (Phi) is 3.09. The van der Waals surface area contributed by atoms with Crippen LogP contribution >= 0.6 is 0 Å². The number of allylic oxidation sites excluding steroid dienone is 1. The summed E-state index contributed by atoms with van der Waals surface area (Å²) in [6, 6.07) is 8.43. The van der Waals surface area contributed by atoms with Crippen LogP contribution in [-0.2, 0) is 0 Å². The van der Waals surface area contributed by atoms with Gasteiger partial charge in [-0.05, 0) is 24.0 Å². The highest BCUT2D eigenvalue weighted by Crippen LogP contribution is 2.10. The van der Waals surface area contributed by atoms with Gasteiger partial charge in [-0.3, -0.25) is 0 Å². The fourth-order valence-corrected chi connectivity index (χ4v) is 1.07. The molecule has 0 aliphatic heterocycles. The third-order valence-electron chi connectivity index (χ3n) is 1.85. The van der Waals surface area contributed by atoms with Gasteiger partial charge in [0.15, 0.2) is 0 Å². The Morgan fingerprint density at radius 1 is 1.17 bits per heavy atom. The first kappa shape index (κ1) is 9.05. The van der Waals surface area contributed by atoms with Crippen molar-refractivity contribution >= 4 is 6.08 Å². The van der Waals surface area contributed by atoms with Gasteiger partial charge in [-0.15, -0.1) is 0 Å². The molecule has 0 aliphatic carbocycles. The van der Waals surface area contributed by atoms with Crippen LogP contribution in [0.3, 0.4) is 0 Å². The summed E-state index contributed by atoms with van der Waals surface area (Å²) >= 11 is 0. The number of benzene rings is 1. The molecule has 1 rings (SSSR count). The molecule has 0 bridgehead atoms. The van der Waals surface area contributed by atoms with E-state index in [1.807, 2.05) is 0 Å². The maximum Gasteiger partial charge on any atom is -0.0230 e. The fraction of sp³-hybridized carbons (Fsp3) is 0.333. The summed E-state index contributed by atoms with van der Waals surface area (Å²) in [5.74, 6) is 0.629. The molecule has 0 fully saturated rings. The van der Waals surface area contributed by atoms with Crippen molar-refractivity contribution in [1.82, 2.24) is 0 Å². The Morgan fingerprint density at radius 2 is 1.83 bits per heavy atom. The molecule has 0 N–H and O–H groups in total. The number of hydrogen-bond donors (Lipinski definition) is 0. The van der Waals surface area contributed by atoms with Crippen molar-refractivity contribution < 1.29 is 0 Å². The van der Waals surface area contributed by atoms with Gasteiger partial charge in [0, 0.05) is 0 Å². The lowest BCUT2D eigenvalue weighted by atomic mass is 10.1. The zero-order chi connectivity index (χ0) is 8.97. The number of rotatable bonds is 2. The highest BCUT2D eigenvalue weighted by molar-refractivity contribution is 5.53. The summed E-state index contributed by atoms with van der Waals surface area (Å²) in [6.45, 7) is 6.52. The van der Waals surface area contributed by atoms with Gasteiger partial charge in [-0.2, -0.15) is 0 Å². The highest BCUT2D eigenvalue weighted by Gasteiger charge is 1.90. The first-order valence-electron chi connectivity index (χ1n) is 4.44. The van der Waals surface area contributed by atoms with Gasteiger partial charge >= 0.3 is 0 Å². The molecule has 1 aromatic carbocycles. The summed E-state index contributed by atoms with van der Waals surface area (Å²) in [6.07, 6.45) is 4.42. The second-order valence-corrected chi connectivity index (χ2v) is 3.46. The van der Waals surface area contributed by atoms with Gasteiger partial charge in [0.1, 0.15) is 0 Å². The van der Waals surface area contributed by atoms with Crippen LogP contribution in [0.5, 0.6) is 0 Å². The van der Waals surface area contributed by atoms with Gasteiger partial charge in [0.2, 0.25) is 0 Å². The van der Waals surface area contributed by atoms with Crippen molar-refractivity contribution in [3.63, 3.8) is 0 Å². The Labute approximate surface area is 74.9 Å². The summed E-state index contributed by atoms with van der Waals surface area (Å²) in [4.78, 5) is 0. The van der Waals surface area contributed by atoms with Gasteiger partial charge in [-0.1, -0.05) is 50.3 Å². The predicted molar refractivity (Wildman–Crippen MR) is 55.1 cm³/mol. The third kappa shape index (κ3) is 2.54. The average Bonchev–Trinajstić information content (AvgIpc) is 2.03. The monoisotopic (exact) mass is 160 g/mol. The molecule has 0 nitrogen and oxygen atoms in total. The zero-order valence-corrected chi connectivity index (χ0v) is 8.04. The summed E-state index contributed by atoms with van der Waals surface area (Å²) in [5, 5.41) is 0. The van der Waals surface area contributed by atoms with E-state index >= 15 is 0 Å². The minimum absolute atomic E-state index is 0.629. The van der Waals surface area contributed by atoms with Crippen LogP contribution in [0.1, 0.15) is 25.0 Å². The lowest BCUT2D eigenvalue weighted by Crippen LogP contribution is -1.81. The lowest BCUT2D eigenvalue weighted by molar-refractivity contribution is 0.836. The molecule has 0 radical (unpaired) electrons. The van der Waals surface area contributed by atoms with E-state index in [-0.39, 0.29) is 0 Å². The van der Waals surface area contributed by atoms with Crippen LogP contribution in [0.15, 0.2) is 30.3 Å². The normalized spacial score (nSPS) is 11.3. The third-order valence-corrected chi connectivity index (χ3v) is 1.85. The van der Waals surface area contributed by atoms with Crippen molar-refractivity contribution in [1.29, 1.82) is 0 Å². The van der Waals surface area contributed by atoms with Crippen molar-refractivity contribution in [2.45, 2.75) is 20.8 Å². The van der Waals surface area contributed by atoms with E-state index < -0.39 is 0 Å². The van der Waals surface area contributed by atoms with E-state index in [1.54, 1.807) is 0 Å². The topological polar surface area (TPSA) is 0 Å². The standard InChI is InChI=1S/C12H16/c1-10(2)8-9-12-7-5-4-6-11(12)3/h4-10H,1-3H3/b9-8-. The van der Waals surface area contributed by atoms with Crippen molar-refractivity contribution in [3.8, 4) is 0 Å². The molecule has 0 aliphatic rings. The van der Waals surface area contributed by atoms with Crippen LogP contribution in [-0.4, -0.2) is 0 Å². The molecule has 64 valence electrons. The molecule has 0 amide bonds. The van der Waals surface area contributed by atoms with Gasteiger partial charge in [0.05, 0.1) is 0 Å². The molecular formula is C12H16. The second kappa shape index (κ2) is 4.10. The quantitative estimate of drug-likeness (QED) is 0.619. The molecular weight excluding hydrogens is 144 g/mol. The summed E-state index contributed by atoms with van der Waals surface area (Å²) < 4.78 is 0. The Balaban J connectivity index is 2.82. The maximum atomic E-state index is 2.22. The SMILES string of the molecule is Cc1ccccc1/C=C\C(C)C. The highest BCUT2D eigenvalue weighted by atomic mass is 14.0.